The monoisotopic (exact) mass is 248 g/mol. The van der Waals surface area contributed by atoms with Crippen molar-refractivity contribution in [2.24, 2.45) is 0 Å². The maximum atomic E-state index is 8.92. The average Bonchev–Trinajstić information content (AvgIpc) is 2.33. The molecule has 4 nitrogen and oxygen atoms in total. The number of rotatable bonds is 3. The lowest BCUT2D eigenvalue weighted by Gasteiger charge is -2.06. The van der Waals surface area contributed by atoms with Gasteiger partial charge < -0.3 is 15.4 Å². The fourth-order valence-corrected chi connectivity index (χ4v) is 1.44. The van der Waals surface area contributed by atoms with E-state index in [0.717, 1.165) is 5.69 Å². The molecule has 3 N–H and O–H groups in total. The Bertz CT molecular complexity index is 488. The molecule has 1 aromatic heterocycles. The number of hydrogen-bond donors (Lipinski definition) is 3. The number of anilines is 2. The van der Waals surface area contributed by atoms with Gasteiger partial charge in [0.05, 0.1) is 0 Å². The van der Waals surface area contributed by atoms with Crippen LogP contribution < -0.4 is 10.8 Å². The van der Waals surface area contributed by atoms with Gasteiger partial charge in [-0.1, -0.05) is 17.7 Å². The summed E-state index contributed by atoms with van der Waals surface area (Å²) in [4.78, 5) is 4.05. The molecule has 0 amide bonds. The van der Waals surface area contributed by atoms with Crippen molar-refractivity contribution in [2.45, 2.75) is 0 Å². The molecule has 0 unspecified atom stereocenters. The van der Waals surface area contributed by atoms with Crippen LogP contribution in [0.25, 0.3) is 0 Å². The lowest BCUT2D eigenvalue weighted by molar-refractivity contribution is 0.425. The Morgan fingerprint density at radius 2 is 1.76 bits per heavy atom. The zero-order chi connectivity index (χ0) is 12.3. The molecule has 0 aliphatic carbocycles. The van der Waals surface area contributed by atoms with Gasteiger partial charge in [-0.25, -0.2) is 4.98 Å². The van der Waals surface area contributed by atoms with Gasteiger partial charge >= 0.3 is 7.12 Å². The number of halogens is 1. The number of nitrogens with one attached hydrogen (secondary N) is 1. The molecule has 0 saturated heterocycles. The zero-order valence-corrected chi connectivity index (χ0v) is 9.59. The standard InChI is InChI=1S/C11H10BClN2O2/c13-9-2-4-10(5-3-9)15-11-6-1-8(7-14-11)12(16)17/h1-7,16-17H,(H,14,15). The van der Waals surface area contributed by atoms with Crippen LogP contribution in [0.5, 0.6) is 0 Å². The first-order valence-corrected chi connectivity index (χ1v) is 5.37. The zero-order valence-electron chi connectivity index (χ0n) is 8.84. The van der Waals surface area contributed by atoms with Gasteiger partial charge in [0.25, 0.3) is 0 Å². The first-order valence-electron chi connectivity index (χ1n) is 5.00. The van der Waals surface area contributed by atoms with Crippen LogP contribution >= 0.6 is 11.6 Å². The summed E-state index contributed by atoms with van der Waals surface area (Å²) in [7, 11) is -1.49. The second kappa shape index (κ2) is 5.18. The molecule has 1 aromatic carbocycles. The maximum absolute atomic E-state index is 8.92. The third kappa shape index (κ3) is 3.20. The van der Waals surface area contributed by atoms with E-state index >= 15 is 0 Å². The van der Waals surface area contributed by atoms with Crippen molar-refractivity contribution in [3.8, 4) is 0 Å². The molecule has 0 aliphatic rings. The Morgan fingerprint density at radius 3 is 2.29 bits per heavy atom. The second-order valence-corrected chi connectivity index (χ2v) is 3.92. The van der Waals surface area contributed by atoms with Crippen LogP contribution in [0.3, 0.4) is 0 Å². The van der Waals surface area contributed by atoms with E-state index in [-0.39, 0.29) is 0 Å². The highest BCUT2D eigenvalue weighted by Gasteiger charge is 2.10. The quantitative estimate of drug-likeness (QED) is 0.713. The van der Waals surface area contributed by atoms with Gasteiger partial charge in [0.15, 0.2) is 0 Å². The summed E-state index contributed by atoms with van der Waals surface area (Å²) in [6.45, 7) is 0. The molecule has 0 fully saturated rings. The summed E-state index contributed by atoms with van der Waals surface area (Å²) >= 11 is 5.77. The van der Waals surface area contributed by atoms with Crippen LogP contribution in [-0.2, 0) is 0 Å². The first-order chi connectivity index (χ1) is 8.15. The Balaban J connectivity index is 2.11. The van der Waals surface area contributed by atoms with E-state index in [9.17, 15) is 0 Å². The van der Waals surface area contributed by atoms with Gasteiger partial charge in [0.1, 0.15) is 5.82 Å². The van der Waals surface area contributed by atoms with E-state index in [1.165, 1.54) is 6.20 Å². The van der Waals surface area contributed by atoms with Crippen molar-refractivity contribution in [3.63, 3.8) is 0 Å². The van der Waals surface area contributed by atoms with Crippen LogP contribution in [-0.4, -0.2) is 22.2 Å². The van der Waals surface area contributed by atoms with E-state index < -0.39 is 7.12 Å². The van der Waals surface area contributed by atoms with Gasteiger partial charge in [-0.05, 0) is 30.3 Å². The van der Waals surface area contributed by atoms with E-state index in [1.54, 1.807) is 24.3 Å². The van der Waals surface area contributed by atoms with Crippen molar-refractivity contribution in [1.82, 2.24) is 4.98 Å². The molecule has 1 heterocycles. The normalized spacial score (nSPS) is 10.1. The van der Waals surface area contributed by atoms with Gasteiger partial charge in [-0.3, -0.25) is 0 Å². The van der Waals surface area contributed by atoms with Gasteiger partial charge in [0.2, 0.25) is 0 Å². The number of nitrogens with zero attached hydrogens (tertiary/aromatic N) is 1. The Morgan fingerprint density at radius 1 is 1.06 bits per heavy atom. The minimum atomic E-state index is -1.49. The van der Waals surface area contributed by atoms with Crippen molar-refractivity contribution >= 4 is 35.7 Å². The summed E-state index contributed by atoms with van der Waals surface area (Å²) in [5, 5.41) is 21.6. The topological polar surface area (TPSA) is 65.4 Å². The molecule has 2 aromatic rings. The number of aromatic nitrogens is 1. The predicted octanol–water partition coefficient (Wildman–Crippen LogP) is 1.16. The van der Waals surface area contributed by atoms with Crippen molar-refractivity contribution in [2.75, 3.05) is 5.32 Å². The molecule has 0 atom stereocenters. The Kier molecular flexibility index (Phi) is 3.63. The highest BCUT2D eigenvalue weighted by molar-refractivity contribution is 6.58. The van der Waals surface area contributed by atoms with Crippen molar-refractivity contribution in [1.29, 1.82) is 0 Å². The first kappa shape index (κ1) is 11.9. The van der Waals surface area contributed by atoms with Crippen LogP contribution in [0.2, 0.25) is 5.02 Å². The molecule has 17 heavy (non-hydrogen) atoms. The SMILES string of the molecule is OB(O)c1ccc(Nc2ccc(Cl)cc2)nc1. The smallest absolute Gasteiger partial charge is 0.423 e. The Labute approximate surface area is 104 Å². The molecule has 0 aliphatic heterocycles. The van der Waals surface area contributed by atoms with Crippen molar-refractivity contribution < 1.29 is 10.0 Å². The van der Waals surface area contributed by atoms with Gasteiger partial charge in [0, 0.05) is 22.4 Å². The molecule has 86 valence electrons. The number of benzene rings is 1. The minimum absolute atomic E-state index is 0.353. The molecule has 6 heteroatoms. The lowest BCUT2D eigenvalue weighted by atomic mass is 9.82. The van der Waals surface area contributed by atoms with Gasteiger partial charge in [-0.15, -0.1) is 0 Å². The number of hydrogen-bond acceptors (Lipinski definition) is 4. The average molecular weight is 248 g/mol. The van der Waals surface area contributed by atoms with Crippen molar-refractivity contribution in [3.05, 3.63) is 47.6 Å². The van der Waals surface area contributed by atoms with E-state index in [0.29, 0.717) is 16.3 Å². The molecular weight excluding hydrogens is 238 g/mol. The summed E-state index contributed by atoms with van der Waals surface area (Å²) < 4.78 is 0. The molecule has 2 rings (SSSR count). The molecule has 0 radical (unpaired) electrons. The van der Waals surface area contributed by atoms with Crippen LogP contribution in [0.1, 0.15) is 0 Å². The third-order valence-electron chi connectivity index (χ3n) is 2.20. The Hall–Kier alpha value is -1.56. The van der Waals surface area contributed by atoms with Crippen LogP contribution in [0, 0.1) is 0 Å². The van der Waals surface area contributed by atoms with E-state index in [1.807, 2.05) is 12.1 Å². The predicted molar refractivity (Wildman–Crippen MR) is 68.8 cm³/mol. The molecule has 0 spiro atoms. The third-order valence-corrected chi connectivity index (χ3v) is 2.45. The summed E-state index contributed by atoms with van der Waals surface area (Å²) in [5.74, 6) is 0.622. The van der Waals surface area contributed by atoms with Gasteiger partial charge in [-0.2, -0.15) is 0 Å². The summed E-state index contributed by atoms with van der Waals surface area (Å²) in [6, 6.07) is 10.5. The molecule has 0 saturated carbocycles. The maximum Gasteiger partial charge on any atom is 0.490 e. The largest absolute Gasteiger partial charge is 0.490 e. The van der Waals surface area contributed by atoms with E-state index in [4.69, 9.17) is 21.6 Å². The highest BCUT2D eigenvalue weighted by atomic mass is 35.5. The highest BCUT2D eigenvalue weighted by Crippen LogP contribution is 2.16. The molecular formula is C11H10BClN2O2. The summed E-state index contributed by atoms with van der Waals surface area (Å²) in [5.41, 5.74) is 1.21. The van der Waals surface area contributed by atoms with E-state index in [2.05, 4.69) is 10.3 Å². The second-order valence-electron chi connectivity index (χ2n) is 3.48. The molecule has 0 bridgehead atoms. The van der Waals surface area contributed by atoms with Crippen LogP contribution in [0.4, 0.5) is 11.5 Å². The summed E-state index contributed by atoms with van der Waals surface area (Å²) in [6.07, 6.45) is 1.41. The fraction of sp³-hybridized carbons (Fsp3) is 0. The lowest BCUT2D eigenvalue weighted by Crippen LogP contribution is -2.29. The van der Waals surface area contributed by atoms with Crippen LogP contribution in [0.15, 0.2) is 42.6 Å². The fourth-order valence-electron chi connectivity index (χ4n) is 1.31. The minimum Gasteiger partial charge on any atom is -0.423 e. The number of pyridine rings is 1.